The maximum atomic E-state index is 13.8. The van der Waals surface area contributed by atoms with E-state index in [0.29, 0.717) is 19.4 Å². The summed E-state index contributed by atoms with van der Waals surface area (Å²) in [5.74, 6) is -1.86. The number of benzene rings is 1. The van der Waals surface area contributed by atoms with Crippen molar-refractivity contribution in [2.45, 2.75) is 12.8 Å². The summed E-state index contributed by atoms with van der Waals surface area (Å²) in [6, 6.07) is 3.76. The molecule has 1 aromatic rings. The molecule has 2 fully saturated rings. The first-order valence-electron chi connectivity index (χ1n) is 7.78. The van der Waals surface area contributed by atoms with E-state index in [1.807, 2.05) is 0 Å². The van der Waals surface area contributed by atoms with Crippen LogP contribution in [0.25, 0.3) is 0 Å². The first kappa shape index (κ1) is 17.6. The Morgan fingerprint density at radius 2 is 2.08 bits per heavy atom. The molecule has 0 aromatic heterocycles. The number of piperidine rings is 1. The van der Waals surface area contributed by atoms with Crippen LogP contribution in [0, 0.1) is 11.2 Å². The average molecular weight is 367 g/mol. The smallest absolute Gasteiger partial charge is 0.247 e. The van der Waals surface area contributed by atoms with Crippen molar-refractivity contribution in [3.8, 4) is 0 Å². The molecule has 9 heteroatoms. The summed E-state index contributed by atoms with van der Waals surface area (Å²) in [5.41, 5.74) is -0.804. The number of anilines is 2. The van der Waals surface area contributed by atoms with E-state index in [0.717, 1.165) is 12.1 Å². The zero-order chi connectivity index (χ0) is 18.2. The van der Waals surface area contributed by atoms with Crippen LogP contribution in [0.5, 0.6) is 0 Å². The number of fused-ring (bicyclic) bond motifs is 2. The molecule has 3 rings (SSSR count). The number of nitrogens with one attached hydrogen (secondary N) is 2. The lowest BCUT2D eigenvalue weighted by Gasteiger charge is -2.30. The Morgan fingerprint density at radius 3 is 2.80 bits per heavy atom. The lowest BCUT2D eigenvalue weighted by Crippen LogP contribution is -2.43. The van der Waals surface area contributed by atoms with E-state index in [2.05, 4.69) is 17.2 Å². The second kappa shape index (κ2) is 6.23. The van der Waals surface area contributed by atoms with Crippen LogP contribution in [-0.2, 0) is 19.6 Å². The molecule has 0 radical (unpaired) electrons. The van der Waals surface area contributed by atoms with Gasteiger partial charge in [-0.3, -0.25) is 9.59 Å². The molecule has 0 spiro atoms. The average Bonchev–Trinajstić information content (AvgIpc) is 2.75. The van der Waals surface area contributed by atoms with Crippen molar-refractivity contribution in [1.82, 2.24) is 4.31 Å². The molecule has 2 bridgehead atoms. The Labute approximate surface area is 144 Å². The van der Waals surface area contributed by atoms with Gasteiger partial charge < -0.3 is 10.6 Å². The molecule has 134 valence electrons. The highest BCUT2D eigenvalue weighted by molar-refractivity contribution is 7.89. The van der Waals surface area contributed by atoms with E-state index in [1.54, 1.807) is 0 Å². The lowest BCUT2D eigenvalue weighted by molar-refractivity contribution is -0.125. The third-order valence-corrected chi connectivity index (χ3v) is 6.56. The molecule has 25 heavy (non-hydrogen) atoms. The van der Waals surface area contributed by atoms with Gasteiger partial charge in [0.1, 0.15) is 5.82 Å². The minimum Gasteiger partial charge on any atom is -0.325 e. The predicted molar refractivity (Wildman–Crippen MR) is 90.9 cm³/mol. The standard InChI is InChI=1S/C16H18FN3O4S/c1-2-14(21)19-13-8-11(4-5-12(13)17)18-15(22)16-6-3-7-20(9-16)25(23,24)10-16/h2,4-5,8H,1,3,6-7,9-10H2,(H,18,22)(H,19,21). The van der Waals surface area contributed by atoms with Crippen molar-refractivity contribution < 1.29 is 22.4 Å². The second-order valence-corrected chi connectivity index (χ2v) is 8.28. The summed E-state index contributed by atoms with van der Waals surface area (Å²) in [5, 5.41) is 4.96. The molecule has 2 unspecified atom stereocenters. The van der Waals surface area contributed by atoms with Gasteiger partial charge in [0.25, 0.3) is 0 Å². The van der Waals surface area contributed by atoms with Crippen LogP contribution in [0.2, 0.25) is 0 Å². The van der Waals surface area contributed by atoms with Crippen LogP contribution in [0.15, 0.2) is 30.9 Å². The molecular formula is C16H18FN3O4S. The number of hydrogen-bond acceptors (Lipinski definition) is 4. The maximum absolute atomic E-state index is 13.8. The molecule has 2 N–H and O–H groups in total. The van der Waals surface area contributed by atoms with Crippen molar-refractivity contribution >= 4 is 33.2 Å². The monoisotopic (exact) mass is 367 g/mol. The summed E-state index contributed by atoms with van der Waals surface area (Å²) in [7, 11) is -3.41. The Balaban J connectivity index is 1.81. The van der Waals surface area contributed by atoms with Gasteiger partial charge >= 0.3 is 0 Å². The third-order valence-electron chi connectivity index (χ3n) is 4.54. The first-order valence-corrected chi connectivity index (χ1v) is 9.39. The van der Waals surface area contributed by atoms with Crippen LogP contribution in [0.4, 0.5) is 15.8 Å². The third kappa shape index (κ3) is 3.29. The first-order chi connectivity index (χ1) is 11.8. The van der Waals surface area contributed by atoms with Crippen molar-refractivity contribution in [3.05, 3.63) is 36.7 Å². The van der Waals surface area contributed by atoms with Gasteiger partial charge in [0.2, 0.25) is 21.8 Å². The summed E-state index contributed by atoms with van der Waals surface area (Å²) < 4.78 is 39.3. The highest BCUT2D eigenvalue weighted by Crippen LogP contribution is 2.40. The largest absolute Gasteiger partial charge is 0.325 e. The Bertz CT molecular complexity index is 855. The van der Waals surface area contributed by atoms with Crippen LogP contribution >= 0.6 is 0 Å². The summed E-state index contributed by atoms with van der Waals surface area (Å²) in [6.07, 6.45) is 2.11. The van der Waals surface area contributed by atoms with Crippen molar-refractivity contribution in [1.29, 1.82) is 0 Å². The molecule has 1 aromatic carbocycles. The lowest BCUT2D eigenvalue weighted by atomic mass is 9.82. The highest BCUT2D eigenvalue weighted by Gasteiger charge is 2.54. The van der Waals surface area contributed by atoms with Crippen LogP contribution in [0.1, 0.15) is 12.8 Å². The maximum Gasteiger partial charge on any atom is 0.247 e. The minimum absolute atomic E-state index is 0.0930. The predicted octanol–water partition coefficient (Wildman–Crippen LogP) is 1.31. The zero-order valence-electron chi connectivity index (χ0n) is 13.4. The van der Waals surface area contributed by atoms with Crippen LogP contribution in [-0.4, -0.2) is 43.4 Å². The summed E-state index contributed by atoms with van der Waals surface area (Å²) >= 11 is 0. The molecule has 2 heterocycles. The number of sulfonamides is 1. The van der Waals surface area contributed by atoms with E-state index >= 15 is 0 Å². The van der Waals surface area contributed by atoms with Gasteiger partial charge in [0.05, 0.1) is 16.9 Å². The number of hydrogen-bond donors (Lipinski definition) is 2. The SMILES string of the molecule is C=CC(=O)Nc1cc(NC(=O)C23CCCN(C2)S(=O)(=O)C3)ccc1F. The number of nitrogens with zero attached hydrogens (tertiary/aromatic N) is 1. The fourth-order valence-corrected chi connectivity index (χ4v) is 5.38. The number of carbonyl (C=O) groups excluding carboxylic acids is 2. The molecule has 2 aliphatic rings. The molecule has 2 amide bonds. The molecule has 7 nitrogen and oxygen atoms in total. The van der Waals surface area contributed by atoms with E-state index in [4.69, 9.17) is 0 Å². The van der Waals surface area contributed by atoms with Gasteiger partial charge in [0.15, 0.2) is 0 Å². The Kier molecular flexibility index (Phi) is 4.38. The van der Waals surface area contributed by atoms with Crippen LogP contribution < -0.4 is 10.6 Å². The summed E-state index contributed by atoms with van der Waals surface area (Å²) in [6.45, 7) is 3.90. The normalized spacial score (nSPS) is 26.7. The molecule has 2 aliphatic heterocycles. The molecule has 2 atom stereocenters. The van der Waals surface area contributed by atoms with Crippen LogP contribution in [0.3, 0.4) is 0 Å². The molecular weight excluding hydrogens is 349 g/mol. The van der Waals surface area contributed by atoms with Gasteiger partial charge in [-0.15, -0.1) is 0 Å². The van der Waals surface area contributed by atoms with Gasteiger partial charge in [-0.05, 0) is 37.1 Å². The van der Waals surface area contributed by atoms with Gasteiger partial charge in [-0.25, -0.2) is 17.1 Å². The molecule has 0 aliphatic carbocycles. The number of halogens is 1. The van der Waals surface area contributed by atoms with Gasteiger partial charge in [-0.2, -0.15) is 0 Å². The molecule has 0 saturated carbocycles. The number of carbonyl (C=O) groups is 2. The van der Waals surface area contributed by atoms with E-state index < -0.39 is 33.1 Å². The number of amides is 2. The van der Waals surface area contributed by atoms with Crippen molar-refractivity contribution in [2.75, 3.05) is 29.5 Å². The van der Waals surface area contributed by atoms with Gasteiger partial charge in [-0.1, -0.05) is 6.58 Å². The Morgan fingerprint density at radius 1 is 1.32 bits per heavy atom. The zero-order valence-corrected chi connectivity index (χ0v) is 14.2. The number of rotatable bonds is 4. The van der Waals surface area contributed by atoms with Crippen molar-refractivity contribution in [2.24, 2.45) is 5.41 Å². The van der Waals surface area contributed by atoms with Crippen molar-refractivity contribution in [3.63, 3.8) is 0 Å². The Hall–Kier alpha value is -2.26. The van der Waals surface area contributed by atoms with Gasteiger partial charge in [0, 0.05) is 18.8 Å². The molecule has 2 saturated heterocycles. The fraction of sp³-hybridized carbons (Fsp3) is 0.375. The quantitative estimate of drug-likeness (QED) is 0.785. The fourth-order valence-electron chi connectivity index (χ4n) is 3.28. The van der Waals surface area contributed by atoms with E-state index in [-0.39, 0.29) is 23.7 Å². The second-order valence-electron chi connectivity index (χ2n) is 6.32. The topological polar surface area (TPSA) is 95.6 Å². The highest BCUT2D eigenvalue weighted by atomic mass is 32.2. The van der Waals surface area contributed by atoms with E-state index in [1.165, 1.54) is 16.4 Å². The summed E-state index contributed by atoms with van der Waals surface area (Å²) in [4.78, 5) is 24.0. The minimum atomic E-state index is -3.41. The van der Waals surface area contributed by atoms with E-state index in [9.17, 15) is 22.4 Å².